The molecule has 2 aromatic carbocycles. The Bertz CT molecular complexity index is 1540. The Morgan fingerprint density at radius 2 is 1.58 bits per heavy atom. The molecule has 1 N–H and O–H groups in total. The Labute approximate surface area is 225 Å². The summed E-state index contributed by atoms with van der Waals surface area (Å²) < 4.78 is 0. The van der Waals surface area contributed by atoms with Crippen molar-refractivity contribution in [2.45, 2.75) is 39.5 Å². The van der Waals surface area contributed by atoms with Crippen molar-refractivity contribution in [2.24, 2.45) is 17.8 Å². The smallest absolute Gasteiger partial charge is 0.238 e. The summed E-state index contributed by atoms with van der Waals surface area (Å²) >= 11 is 6.03. The highest BCUT2D eigenvalue weighted by atomic mass is 35.5. The first kappa shape index (κ1) is 24.6. The van der Waals surface area contributed by atoms with E-state index in [0.29, 0.717) is 45.0 Å². The van der Waals surface area contributed by atoms with Gasteiger partial charge in [0.1, 0.15) is 5.75 Å². The average Bonchev–Trinajstić information content (AvgIpc) is 3.14. The van der Waals surface area contributed by atoms with Gasteiger partial charge in [-0.15, -0.1) is 0 Å². The van der Waals surface area contributed by atoms with Gasteiger partial charge in [0.05, 0.1) is 17.5 Å². The van der Waals surface area contributed by atoms with Gasteiger partial charge >= 0.3 is 0 Å². The number of allylic oxidation sites excluding steroid dienone is 6. The molecule has 2 aromatic rings. The molecule has 4 unspecified atom stereocenters. The molecule has 1 heterocycles. The highest BCUT2D eigenvalue weighted by Gasteiger charge is 2.56. The topological polar surface area (TPSA) is 91.8 Å². The fraction of sp³-hybridized carbons (Fsp3) is 0.290. The summed E-state index contributed by atoms with van der Waals surface area (Å²) in [6.07, 6.45) is 4.00. The van der Waals surface area contributed by atoms with Gasteiger partial charge in [0, 0.05) is 27.7 Å². The third kappa shape index (κ3) is 3.47. The summed E-state index contributed by atoms with van der Waals surface area (Å²) in [4.78, 5) is 55.4. The number of halogens is 1. The molecule has 2 amide bonds. The summed E-state index contributed by atoms with van der Waals surface area (Å²) in [6, 6.07) is 10.3. The maximum Gasteiger partial charge on any atom is 0.238 e. The van der Waals surface area contributed by atoms with Crippen LogP contribution in [0.2, 0.25) is 5.02 Å². The molecule has 0 saturated carbocycles. The molecule has 4 atom stereocenters. The maximum atomic E-state index is 13.9. The van der Waals surface area contributed by atoms with Crippen molar-refractivity contribution in [1.82, 2.24) is 0 Å². The second kappa shape index (κ2) is 8.63. The zero-order valence-electron chi connectivity index (χ0n) is 21.2. The second-order valence-corrected chi connectivity index (χ2v) is 11.2. The van der Waals surface area contributed by atoms with Crippen LogP contribution >= 0.6 is 11.6 Å². The van der Waals surface area contributed by atoms with Crippen LogP contribution in [0.4, 0.5) is 5.69 Å². The molecule has 0 spiro atoms. The number of phenolic OH excluding ortho intramolecular Hbond substituents is 1. The van der Waals surface area contributed by atoms with Crippen molar-refractivity contribution >= 4 is 40.7 Å². The third-order valence-corrected chi connectivity index (χ3v) is 8.75. The predicted molar refractivity (Wildman–Crippen MR) is 143 cm³/mol. The van der Waals surface area contributed by atoms with E-state index in [0.717, 1.165) is 11.1 Å². The number of nitrogens with zero attached hydrogens (tertiary/aromatic N) is 1. The Kier molecular flexibility index (Phi) is 5.58. The molecule has 3 aliphatic carbocycles. The van der Waals surface area contributed by atoms with Crippen LogP contribution in [0.1, 0.15) is 42.4 Å². The minimum atomic E-state index is -0.636. The lowest BCUT2D eigenvalue weighted by molar-refractivity contribution is -0.123. The van der Waals surface area contributed by atoms with Crippen LogP contribution in [0.25, 0.3) is 0 Å². The number of aromatic hydroxyl groups is 1. The average molecular weight is 528 g/mol. The molecule has 1 fully saturated rings. The number of hydrogen-bond acceptors (Lipinski definition) is 5. The molecular formula is C31H26ClNO5. The van der Waals surface area contributed by atoms with E-state index < -0.39 is 23.7 Å². The van der Waals surface area contributed by atoms with E-state index in [9.17, 15) is 24.3 Å². The number of fused-ring (bicyclic) bond motifs is 3. The number of Topliss-reactive ketones (excluding diaryl/α,β-unsaturated/α-hetero) is 1. The van der Waals surface area contributed by atoms with E-state index in [1.807, 2.05) is 18.2 Å². The van der Waals surface area contributed by atoms with Gasteiger partial charge in [0.25, 0.3) is 0 Å². The normalized spacial score (nSPS) is 26.7. The van der Waals surface area contributed by atoms with Crippen molar-refractivity contribution in [3.8, 4) is 5.75 Å². The summed E-state index contributed by atoms with van der Waals surface area (Å²) in [7, 11) is 0. The van der Waals surface area contributed by atoms with Gasteiger partial charge in [0.15, 0.2) is 11.6 Å². The molecule has 0 aromatic heterocycles. The van der Waals surface area contributed by atoms with E-state index in [1.54, 1.807) is 45.0 Å². The summed E-state index contributed by atoms with van der Waals surface area (Å²) in [5.74, 6) is -2.86. The van der Waals surface area contributed by atoms with Gasteiger partial charge in [-0.1, -0.05) is 35.4 Å². The minimum Gasteiger partial charge on any atom is -0.507 e. The molecular weight excluding hydrogens is 502 g/mol. The van der Waals surface area contributed by atoms with Crippen LogP contribution in [0.3, 0.4) is 0 Å². The highest BCUT2D eigenvalue weighted by molar-refractivity contribution is 6.31. The number of phenols is 1. The predicted octanol–water partition coefficient (Wildman–Crippen LogP) is 5.30. The first-order valence-electron chi connectivity index (χ1n) is 12.7. The molecule has 7 heteroatoms. The zero-order chi connectivity index (χ0) is 27.0. The maximum absolute atomic E-state index is 13.9. The van der Waals surface area contributed by atoms with Gasteiger partial charge in [-0.25, -0.2) is 0 Å². The molecule has 1 saturated heterocycles. The Balaban J connectivity index is 1.50. The number of ketones is 2. The van der Waals surface area contributed by atoms with Gasteiger partial charge in [0.2, 0.25) is 11.8 Å². The van der Waals surface area contributed by atoms with Gasteiger partial charge < -0.3 is 5.11 Å². The number of anilines is 1. The van der Waals surface area contributed by atoms with E-state index in [-0.39, 0.29) is 35.6 Å². The van der Waals surface area contributed by atoms with Gasteiger partial charge in [-0.2, -0.15) is 0 Å². The van der Waals surface area contributed by atoms with Crippen LogP contribution < -0.4 is 4.90 Å². The fourth-order valence-electron chi connectivity index (χ4n) is 6.76. The number of benzene rings is 2. The number of carbonyl (C=O) groups excluding carboxylic acids is 4. The Morgan fingerprint density at radius 1 is 0.921 bits per heavy atom. The number of carbonyl (C=O) groups is 4. The minimum absolute atomic E-state index is 0.185. The Hall–Kier alpha value is -3.77. The van der Waals surface area contributed by atoms with Crippen LogP contribution in [-0.2, 0) is 19.2 Å². The van der Waals surface area contributed by atoms with Gasteiger partial charge in [-0.3, -0.25) is 24.1 Å². The second-order valence-electron chi connectivity index (χ2n) is 10.7. The van der Waals surface area contributed by atoms with Crippen LogP contribution in [0, 0.1) is 31.6 Å². The molecule has 0 radical (unpaired) electrons. The van der Waals surface area contributed by atoms with Crippen molar-refractivity contribution in [3.63, 3.8) is 0 Å². The number of hydrogen-bond donors (Lipinski definition) is 1. The largest absolute Gasteiger partial charge is 0.507 e. The summed E-state index contributed by atoms with van der Waals surface area (Å²) in [5, 5.41) is 10.9. The number of aryl methyl sites for hydroxylation is 2. The molecule has 6 rings (SSSR count). The highest BCUT2D eigenvalue weighted by Crippen LogP contribution is 2.55. The van der Waals surface area contributed by atoms with E-state index >= 15 is 0 Å². The standard InChI is InChI=1S/C31H26ClNO5/c1-14-10-17(11-15(2)28(14)35)25-20-8-9-21-26(22(20)13-23-27(25)24(34)12-16(3)29(23)36)31(38)33(30(21)37)19-6-4-18(32)5-7-19/h4-8,10-12,21-22,25-26,35H,9,13H2,1-3H3. The lowest BCUT2D eigenvalue weighted by Crippen LogP contribution is -2.39. The summed E-state index contributed by atoms with van der Waals surface area (Å²) in [6.45, 7) is 5.23. The molecule has 192 valence electrons. The lowest BCUT2D eigenvalue weighted by atomic mass is 9.59. The van der Waals surface area contributed by atoms with Gasteiger partial charge in [-0.05, 0) is 86.6 Å². The number of imide groups is 1. The Morgan fingerprint density at radius 3 is 2.24 bits per heavy atom. The first-order chi connectivity index (χ1) is 18.1. The SMILES string of the molecule is CC1=CC(=O)C2=C(CC3C(=CCC4C(=O)N(c5ccc(Cl)cc5)C(=O)C43)C2c2cc(C)c(O)c(C)c2)C1=O. The van der Waals surface area contributed by atoms with Crippen LogP contribution in [-0.4, -0.2) is 28.5 Å². The lowest BCUT2D eigenvalue weighted by Gasteiger charge is -2.42. The molecule has 38 heavy (non-hydrogen) atoms. The molecule has 0 bridgehead atoms. The molecule has 1 aliphatic heterocycles. The van der Waals surface area contributed by atoms with Crippen molar-refractivity contribution in [3.05, 3.63) is 92.6 Å². The fourth-order valence-corrected chi connectivity index (χ4v) is 6.89. The first-order valence-corrected chi connectivity index (χ1v) is 13.1. The molecule has 4 aliphatic rings. The van der Waals surface area contributed by atoms with Crippen molar-refractivity contribution < 1.29 is 24.3 Å². The number of rotatable bonds is 2. The summed E-state index contributed by atoms with van der Waals surface area (Å²) in [5.41, 5.74) is 4.74. The van der Waals surface area contributed by atoms with Crippen molar-refractivity contribution in [2.75, 3.05) is 4.90 Å². The van der Waals surface area contributed by atoms with E-state index in [2.05, 4.69) is 0 Å². The number of amides is 2. The quantitative estimate of drug-likeness (QED) is 0.325. The molecule has 6 nitrogen and oxygen atoms in total. The zero-order valence-corrected chi connectivity index (χ0v) is 22.0. The van der Waals surface area contributed by atoms with E-state index in [4.69, 9.17) is 11.6 Å². The van der Waals surface area contributed by atoms with Crippen molar-refractivity contribution in [1.29, 1.82) is 0 Å². The van der Waals surface area contributed by atoms with Crippen LogP contribution in [0.15, 0.2) is 70.8 Å². The third-order valence-electron chi connectivity index (χ3n) is 8.49. The van der Waals surface area contributed by atoms with Crippen LogP contribution in [0.5, 0.6) is 5.75 Å². The monoisotopic (exact) mass is 527 g/mol. The van der Waals surface area contributed by atoms with E-state index in [1.165, 1.54) is 11.0 Å².